The highest BCUT2D eigenvalue weighted by molar-refractivity contribution is 6.31. The molecule has 0 radical (unpaired) electrons. The van der Waals surface area contributed by atoms with Crippen molar-refractivity contribution in [3.63, 3.8) is 0 Å². The molecule has 0 amide bonds. The minimum Gasteiger partial charge on any atom is -0.370 e. The number of nitriles is 1. The first-order valence-electron chi connectivity index (χ1n) is 9.16. The van der Waals surface area contributed by atoms with Gasteiger partial charge in [0, 0.05) is 41.8 Å². The lowest BCUT2D eigenvalue weighted by Crippen LogP contribution is -2.46. The van der Waals surface area contributed by atoms with Crippen LogP contribution in [0, 0.1) is 11.3 Å². The van der Waals surface area contributed by atoms with Crippen LogP contribution in [0.15, 0.2) is 24.4 Å². The Morgan fingerprint density at radius 3 is 2.68 bits per heavy atom. The first-order valence-corrected chi connectivity index (χ1v) is 9.54. The number of likely N-dealkylation sites (tertiary alicyclic amines) is 1. The second kappa shape index (κ2) is 6.82. The number of pyridine rings is 1. The van der Waals surface area contributed by atoms with E-state index in [2.05, 4.69) is 27.8 Å². The third-order valence-electron chi connectivity index (χ3n) is 5.78. The molecule has 2 aliphatic rings. The summed E-state index contributed by atoms with van der Waals surface area (Å²) in [4.78, 5) is 9.46. The number of benzene rings is 1. The molecule has 2 aromatic rings. The predicted molar refractivity (Wildman–Crippen MR) is 102 cm³/mol. The fourth-order valence-corrected chi connectivity index (χ4v) is 4.66. The number of halogens is 1. The molecule has 2 aliphatic heterocycles. The van der Waals surface area contributed by atoms with Crippen LogP contribution < -0.4 is 4.90 Å². The van der Waals surface area contributed by atoms with Crippen molar-refractivity contribution in [2.24, 2.45) is 0 Å². The minimum absolute atomic E-state index is 0.641. The van der Waals surface area contributed by atoms with Gasteiger partial charge in [0.05, 0.1) is 16.8 Å². The lowest BCUT2D eigenvalue weighted by atomic mass is 10.00. The molecule has 0 spiro atoms. The molecule has 0 bridgehead atoms. The average Bonchev–Trinajstić information content (AvgIpc) is 3.06. The molecular weight excluding hydrogens is 332 g/mol. The number of anilines is 1. The van der Waals surface area contributed by atoms with Crippen LogP contribution in [0.4, 0.5) is 5.69 Å². The van der Waals surface area contributed by atoms with E-state index in [9.17, 15) is 5.26 Å². The first-order chi connectivity index (χ1) is 12.2. The lowest BCUT2D eigenvalue weighted by molar-refractivity contribution is 0.163. The summed E-state index contributed by atoms with van der Waals surface area (Å²) in [6.07, 6.45) is 6.65. The van der Waals surface area contributed by atoms with Crippen LogP contribution in [-0.2, 0) is 0 Å². The second-order valence-electron chi connectivity index (χ2n) is 7.24. The van der Waals surface area contributed by atoms with E-state index in [4.69, 9.17) is 11.6 Å². The molecule has 0 aliphatic carbocycles. The van der Waals surface area contributed by atoms with Gasteiger partial charge in [-0.2, -0.15) is 5.26 Å². The van der Waals surface area contributed by atoms with Crippen molar-refractivity contribution in [3.8, 4) is 6.07 Å². The second-order valence-corrected chi connectivity index (χ2v) is 7.68. The summed E-state index contributed by atoms with van der Waals surface area (Å²) >= 11 is 6.21. The molecule has 25 heavy (non-hydrogen) atoms. The van der Waals surface area contributed by atoms with Crippen molar-refractivity contribution in [2.75, 3.05) is 24.5 Å². The molecule has 130 valence electrons. The molecule has 0 N–H and O–H groups in total. The molecule has 3 heterocycles. The van der Waals surface area contributed by atoms with Crippen LogP contribution in [-0.4, -0.2) is 41.6 Å². The Bertz CT molecular complexity index is 820. The highest BCUT2D eigenvalue weighted by atomic mass is 35.5. The van der Waals surface area contributed by atoms with Crippen molar-refractivity contribution >= 4 is 28.2 Å². The first kappa shape index (κ1) is 16.6. The van der Waals surface area contributed by atoms with Crippen molar-refractivity contribution in [1.29, 1.82) is 5.26 Å². The molecule has 1 aromatic heterocycles. The van der Waals surface area contributed by atoms with Gasteiger partial charge in [-0.15, -0.1) is 0 Å². The minimum atomic E-state index is 0.641. The molecule has 5 heteroatoms. The maximum Gasteiger partial charge on any atom is 0.103 e. The Morgan fingerprint density at radius 1 is 1.20 bits per heavy atom. The molecule has 4 rings (SSSR count). The number of fused-ring (bicyclic) bond motifs is 1. The molecule has 1 atom stereocenters. The number of hydrogen-bond donors (Lipinski definition) is 0. The van der Waals surface area contributed by atoms with E-state index in [1.807, 2.05) is 18.2 Å². The monoisotopic (exact) mass is 354 g/mol. The van der Waals surface area contributed by atoms with Crippen LogP contribution in [0.5, 0.6) is 0 Å². The van der Waals surface area contributed by atoms with E-state index >= 15 is 0 Å². The molecule has 2 saturated heterocycles. The summed E-state index contributed by atoms with van der Waals surface area (Å²) < 4.78 is 0. The zero-order valence-electron chi connectivity index (χ0n) is 14.6. The summed E-state index contributed by atoms with van der Waals surface area (Å²) in [6.45, 7) is 5.55. The normalized spacial score (nSPS) is 22.4. The standard InChI is InChI=1S/C20H23ClN4/c1-14-3-2-8-25(14)17-6-9-24(10-7-17)20-15(12-22)13-23-19-5-4-16(21)11-18(19)20/h4-5,11,13-14,17H,2-3,6-10H2,1H3. The van der Waals surface area contributed by atoms with Crippen LogP contribution in [0.2, 0.25) is 5.02 Å². The number of aromatic nitrogens is 1. The zero-order chi connectivity index (χ0) is 17.4. The number of rotatable bonds is 2. The Labute approximate surface area is 154 Å². The Balaban J connectivity index is 1.62. The van der Waals surface area contributed by atoms with Crippen molar-refractivity contribution < 1.29 is 0 Å². The highest BCUT2D eigenvalue weighted by Gasteiger charge is 2.31. The SMILES string of the molecule is CC1CCCN1C1CCN(c2c(C#N)cnc3ccc(Cl)cc23)CC1. The fraction of sp³-hybridized carbons (Fsp3) is 0.500. The topological polar surface area (TPSA) is 43.2 Å². The average molecular weight is 355 g/mol. The van der Waals surface area contributed by atoms with E-state index in [1.165, 1.54) is 19.4 Å². The molecule has 4 nitrogen and oxygen atoms in total. The largest absolute Gasteiger partial charge is 0.370 e. The van der Waals surface area contributed by atoms with E-state index in [-0.39, 0.29) is 0 Å². The molecule has 1 aromatic carbocycles. The fourth-order valence-electron chi connectivity index (χ4n) is 4.49. The van der Waals surface area contributed by atoms with Crippen molar-refractivity contribution in [3.05, 3.63) is 35.0 Å². The Hall–Kier alpha value is -1.83. The van der Waals surface area contributed by atoms with Crippen molar-refractivity contribution in [1.82, 2.24) is 9.88 Å². The van der Waals surface area contributed by atoms with Gasteiger partial charge in [-0.1, -0.05) is 11.6 Å². The van der Waals surface area contributed by atoms with Gasteiger partial charge in [0.1, 0.15) is 6.07 Å². The number of hydrogen-bond acceptors (Lipinski definition) is 4. The lowest BCUT2D eigenvalue weighted by Gasteiger charge is -2.40. The molecule has 1 unspecified atom stereocenters. The summed E-state index contributed by atoms with van der Waals surface area (Å²) in [6, 6.07) is 9.44. The van der Waals surface area contributed by atoms with Gasteiger partial charge in [0.15, 0.2) is 0 Å². The maximum absolute atomic E-state index is 9.58. The van der Waals surface area contributed by atoms with Gasteiger partial charge < -0.3 is 4.90 Å². The van der Waals surface area contributed by atoms with Gasteiger partial charge in [-0.25, -0.2) is 0 Å². The molecule has 2 fully saturated rings. The van der Waals surface area contributed by atoms with Gasteiger partial charge in [-0.05, 0) is 57.4 Å². The third kappa shape index (κ3) is 3.07. The zero-order valence-corrected chi connectivity index (χ0v) is 15.3. The maximum atomic E-state index is 9.58. The molecule has 0 saturated carbocycles. The van der Waals surface area contributed by atoms with Gasteiger partial charge in [-0.3, -0.25) is 9.88 Å². The summed E-state index contributed by atoms with van der Waals surface area (Å²) in [7, 11) is 0. The van der Waals surface area contributed by atoms with Crippen LogP contribution in [0.3, 0.4) is 0 Å². The summed E-state index contributed by atoms with van der Waals surface area (Å²) in [5, 5.41) is 11.3. The highest BCUT2D eigenvalue weighted by Crippen LogP contribution is 2.34. The number of nitrogens with zero attached hydrogens (tertiary/aromatic N) is 4. The van der Waals surface area contributed by atoms with E-state index in [0.29, 0.717) is 22.7 Å². The summed E-state index contributed by atoms with van der Waals surface area (Å²) in [5.41, 5.74) is 2.54. The van der Waals surface area contributed by atoms with Crippen molar-refractivity contribution in [2.45, 2.75) is 44.7 Å². The van der Waals surface area contributed by atoms with Crippen LogP contribution in [0.1, 0.15) is 38.2 Å². The van der Waals surface area contributed by atoms with Crippen LogP contribution in [0.25, 0.3) is 10.9 Å². The smallest absolute Gasteiger partial charge is 0.103 e. The van der Waals surface area contributed by atoms with E-state index in [0.717, 1.165) is 42.5 Å². The van der Waals surface area contributed by atoms with E-state index in [1.54, 1.807) is 6.20 Å². The predicted octanol–water partition coefficient (Wildman–Crippen LogP) is 4.21. The molecular formula is C20H23ClN4. The van der Waals surface area contributed by atoms with Gasteiger partial charge in [0.2, 0.25) is 0 Å². The van der Waals surface area contributed by atoms with E-state index < -0.39 is 0 Å². The summed E-state index contributed by atoms with van der Waals surface area (Å²) in [5.74, 6) is 0. The third-order valence-corrected chi connectivity index (χ3v) is 6.01. The number of piperidine rings is 1. The Kier molecular flexibility index (Phi) is 4.54. The van der Waals surface area contributed by atoms with Gasteiger partial charge in [0.25, 0.3) is 0 Å². The van der Waals surface area contributed by atoms with Crippen LogP contribution >= 0.6 is 11.6 Å². The quantitative estimate of drug-likeness (QED) is 0.810. The Morgan fingerprint density at radius 2 is 2.00 bits per heavy atom. The van der Waals surface area contributed by atoms with Gasteiger partial charge >= 0.3 is 0 Å².